The van der Waals surface area contributed by atoms with Gasteiger partial charge in [0.25, 0.3) is 0 Å². The second-order valence-electron chi connectivity index (χ2n) is 7.49. The van der Waals surface area contributed by atoms with Gasteiger partial charge in [0.2, 0.25) is 12.7 Å². The second-order valence-corrected chi connectivity index (χ2v) is 7.49. The molecule has 1 unspecified atom stereocenters. The molecule has 3 heterocycles. The minimum absolute atomic E-state index is 0.0229. The van der Waals surface area contributed by atoms with Crippen molar-refractivity contribution in [1.82, 2.24) is 4.90 Å². The van der Waals surface area contributed by atoms with E-state index in [0.29, 0.717) is 19.5 Å². The summed E-state index contributed by atoms with van der Waals surface area (Å²) in [6.45, 7) is 3.59. The normalized spacial score (nSPS) is 20.4. The van der Waals surface area contributed by atoms with Crippen LogP contribution in [-0.4, -0.2) is 43.8 Å². The summed E-state index contributed by atoms with van der Waals surface area (Å²) in [7, 11) is 1.79. The molecule has 0 spiro atoms. The van der Waals surface area contributed by atoms with Gasteiger partial charge >= 0.3 is 6.03 Å². The first-order valence-corrected chi connectivity index (χ1v) is 9.38. The third-order valence-electron chi connectivity index (χ3n) is 5.74. The lowest BCUT2D eigenvalue weighted by atomic mass is 9.82. The molecule has 5 rings (SSSR count). The van der Waals surface area contributed by atoms with Gasteiger partial charge in [0.15, 0.2) is 11.5 Å². The lowest BCUT2D eigenvalue weighted by Gasteiger charge is -2.28. The van der Waals surface area contributed by atoms with Crippen LogP contribution in [0.15, 0.2) is 30.3 Å². The summed E-state index contributed by atoms with van der Waals surface area (Å²) in [6, 6.07) is 9.81. The first-order valence-electron chi connectivity index (χ1n) is 9.38. The highest BCUT2D eigenvalue weighted by Crippen LogP contribution is 2.44. The van der Waals surface area contributed by atoms with Gasteiger partial charge in [0, 0.05) is 43.9 Å². The van der Waals surface area contributed by atoms with Crippen LogP contribution >= 0.6 is 0 Å². The molecule has 144 valence electrons. The standard InChI is InChI=1S/C21H21N3O4/c1-12-7-18-19(28-11-27-18)9-15(12)16-10-20(25)22-17-8-13(3-4-14(16)17)24-6-5-23(2)21(24)26/h3-4,7-9,16H,5-6,10-11H2,1-2H3,(H,22,25). The molecule has 7 nitrogen and oxygen atoms in total. The number of nitrogens with one attached hydrogen (secondary N) is 1. The summed E-state index contributed by atoms with van der Waals surface area (Å²) in [5, 5.41) is 2.97. The van der Waals surface area contributed by atoms with Crippen molar-refractivity contribution < 1.29 is 19.1 Å². The number of anilines is 2. The zero-order chi connectivity index (χ0) is 19.4. The van der Waals surface area contributed by atoms with Gasteiger partial charge in [0.1, 0.15) is 0 Å². The van der Waals surface area contributed by atoms with E-state index in [1.165, 1.54) is 0 Å². The molecule has 2 aromatic rings. The Morgan fingerprint density at radius 1 is 1.04 bits per heavy atom. The van der Waals surface area contributed by atoms with E-state index in [9.17, 15) is 9.59 Å². The Morgan fingerprint density at radius 2 is 1.82 bits per heavy atom. The molecule has 1 fully saturated rings. The molecule has 0 radical (unpaired) electrons. The zero-order valence-electron chi connectivity index (χ0n) is 15.8. The number of benzene rings is 2. The Labute approximate surface area is 162 Å². The van der Waals surface area contributed by atoms with Gasteiger partial charge in [-0.15, -0.1) is 0 Å². The van der Waals surface area contributed by atoms with Gasteiger partial charge in [-0.3, -0.25) is 9.69 Å². The molecule has 1 atom stereocenters. The number of carbonyl (C=O) groups excluding carboxylic acids is 2. The van der Waals surface area contributed by atoms with Crippen molar-refractivity contribution in [3.8, 4) is 11.5 Å². The minimum Gasteiger partial charge on any atom is -0.454 e. The minimum atomic E-state index is -0.0655. The van der Waals surface area contributed by atoms with Crippen LogP contribution in [0.5, 0.6) is 11.5 Å². The van der Waals surface area contributed by atoms with Crippen molar-refractivity contribution in [2.45, 2.75) is 19.3 Å². The van der Waals surface area contributed by atoms with E-state index in [1.54, 1.807) is 16.8 Å². The van der Waals surface area contributed by atoms with Crippen molar-refractivity contribution in [3.05, 3.63) is 47.0 Å². The maximum Gasteiger partial charge on any atom is 0.324 e. The topological polar surface area (TPSA) is 71.1 Å². The summed E-state index contributed by atoms with van der Waals surface area (Å²) >= 11 is 0. The molecule has 3 aliphatic rings. The fourth-order valence-corrected chi connectivity index (χ4v) is 4.22. The largest absolute Gasteiger partial charge is 0.454 e. The number of likely N-dealkylation sites (N-methyl/N-ethyl adjacent to an activating group) is 1. The number of urea groups is 1. The lowest BCUT2D eigenvalue weighted by Crippen LogP contribution is -2.30. The fraction of sp³-hybridized carbons (Fsp3) is 0.333. The Hall–Kier alpha value is -3.22. The summed E-state index contributed by atoms with van der Waals surface area (Å²) in [5.41, 5.74) is 4.74. The molecule has 3 amide bonds. The van der Waals surface area contributed by atoms with Crippen molar-refractivity contribution >= 4 is 23.3 Å². The fourth-order valence-electron chi connectivity index (χ4n) is 4.22. The third-order valence-corrected chi connectivity index (χ3v) is 5.74. The highest BCUT2D eigenvalue weighted by Gasteiger charge is 2.32. The van der Waals surface area contributed by atoms with Gasteiger partial charge in [0.05, 0.1) is 0 Å². The Kier molecular flexibility index (Phi) is 3.72. The van der Waals surface area contributed by atoms with Crippen molar-refractivity contribution in [1.29, 1.82) is 0 Å². The molecule has 28 heavy (non-hydrogen) atoms. The van der Waals surface area contributed by atoms with E-state index in [0.717, 1.165) is 39.6 Å². The van der Waals surface area contributed by atoms with E-state index in [4.69, 9.17) is 9.47 Å². The summed E-state index contributed by atoms with van der Waals surface area (Å²) < 4.78 is 11.0. The number of hydrogen-bond acceptors (Lipinski definition) is 4. The van der Waals surface area contributed by atoms with Crippen LogP contribution in [-0.2, 0) is 4.79 Å². The molecular formula is C21H21N3O4. The molecule has 0 aliphatic carbocycles. The van der Waals surface area contributed by atoms with Gasteiger partial charge < -0.3 is 19.7 Å². The van der Waals surface area contributed by atoms with Crippen LogP contribution in [0, 0.1) is 6.92 Å². The third kappa shape index (κ3) is 2.58. The Balaban J connectivity index is 1.55. The monoisotopic (exact) mass is 379 g/mol. The van der Waals surface area contributed by atoms with Crippen LogP contribution in [0.25, 0.3) is 0 Å². The molecule has 0 bridgehead atoms. The first-order chi connectivity index (χ1) is 13.5. The van der Waals surface area contributed by atoms with Crippen LogP contribution in [0.3, 0.4) is 0 Å². The maximum atomic E-state index is 12.4. The zero-order valence-corrected chi connectivity index (χ0v) is 15.8. The van der Waals surface area contributed by atoms with Crippen molar-refractivity contribution in [3.63, 3.8) is 0 Å². The lowest BCUT2D eigenvalue weighted by molar-refractivity contribution is -0.116. The van der Waals surface area contributed by atoms with E-state index in [-0.39, 0.29) is 24.6 Å². The quantitative estimate of drug-likeness (QED) is 0.871. The highest BCUT2D eigenvalue weighted by molar-refractivity contribution is 5.98. The number of fused-ring (bicyclic) bond motifs is 2. The number of aryl methyl sites for hydroxylation is 1. The summed E-state index contributed by atoms with van der Waals surface area (Å²) in [5.74, 6) is 1.37. The molecule has 0 saturated carbocycles. The van der Waals surface area contributed by atoms with Gasteiger partial charge in [-0.2, -0.15) is 0 Å². The molecule has 3 aliphatic heterocycles. The van der Waals surface area contributed by atoms with Gasteiger partial charge in [-0.25, -0.2) is 4.79 Å². The molecule has 7 heteroatoms. The Bertz CT molecular complexity index is 1000. The van der Waals surface area contributed by atoms with E-state index in [1.807, 2.05) is 37.3 Å². The summed E-state index contributed by atoms with van der Waals surface area (Å²) in [4.78, 5) is 28.2. The first kappa shape index (κ1) is 16.9. The highest BCUT2D eigenvalue weighted by atomic mass is 16.7. The van der Waals surface area contributed by atoms with Gasteiger partial charge in [-0.1, -0.05) is 6.07 Å². The van der Waals surface area contributed by atoms with E-state index < -0.39 is 0 Å². The number of ether oxygens (including phenoxy) is 2. The predicted molar refractivity (Wildman–Crippen MR) is 104 cm³/mol. The molecule has 0 aromatic heterocycles. The van der Waals surface area contributed by atoms with Crippen LogP contribution in [0.1, 0.15) is 29.0 Å². The SMILES string of the molecule is Cc1cc2c(cc1C1CC(=O)Nc3cc(N4CCN(C)C4=O)ccc31)OCO2. The van der Waals surface area contributed by atoms with E-state index in [2.05, 4.69) is 5.32 Å². The van der Waals surface area contributed by atoms with Crippen molar-refractivity contribution in [2.24, 2.45) is 0 Å². The predicted octanol–water partition coefficient (Wildman–Crippen LogP) is 3.07. The molecule has 1 saturated heterocycles. The summed E-state index contributed by atoms with van der Waals surface area (Å²) in [6.07, 6.45) is 0.373. The van der Waals surface area contributed by atoms with Crippen LogP contribution < -0.4 is 19.7 Å². The Morgan fingerprint density at radius 3 is 2.57 bits per heavy atom. The van der Waals surface area contributed by atoms with Gasteiger partial charge in [-0.05, 0) is 47.9 Å². The molecular weight excluding hydrogens is 358 g/mol. The second kappa shape index (κ2) is 6.15. The number of hydrogen-bond donors (Lipinski definition) is 1. The van der Waals surface area contributed by atoms with E-state index >= 15 is 0 Å². The average Bonchev–Trinajstić information content (AvgIpc) is 3.26. The molecule has 1 N–H and O–H groups in total. The maximum absolute atomic E-state index is 12.4. The van der Waals surface area contributed by atoms with Crippen LogP contribution in [0.4, 0.5) is 16.2 Å². The number of carbonyl (C=O) groups is 2. The number of rotatable bonds is 2. The smallest absolute Gasteiger partial charge is 0.324 e. The van der Waals surface area contributed by atoms with Crippen molar-refractivity contribution in [2.75, 3.05) is 37.1 Å². The number of amides is 3. The number of nitrogens with zero attached hydrogens (tertiary/aromatic N) is 2. The average molecular weight is 379 g/mol. The molecule has 2 aromatic carbocycles. The van der Waals surface area contributed by atoms with Crippen LogP contribution in [0.2, 0.25) is 0 Å².